The number of aromatic nitrogens is 4. The van der Waals surface area contributed by atoms with Crippen molar-refractivity contribution in [2.24, 2.45) is 30.7 Å². The third-order valence-electron chi connectivity index (χ3n) is 7.58. The van der Waals surface area contributed by atoms with Gasteiger partial charge in [0.15, 0.2) is 0 Å². The number of sulfonamides is 2. The molecule has 6 aromatic rings. The van der Waals surface area contributed by atoms with Crippen molar-refractivity contribution in [3.05, 3.63) is 137 Å². The maximum absolute atomic E-state index is 12.6. The van der Waals surface area contributed by atoms with Gasteiger partial charge in [-0.1, -0.05) is 43.5 Å². The second kappa shape index (κ2) is 17.6. The van der Waals surface area contributed by atoms with Crippen molar-refractivity contribution in [3.8, 4) is 22.9 Å². The first kappa shape index (κ1) is 44.6. The minimum atomic E-state index is -3.99. The van der Waals surface area contributed by atoms with Crippen molar-refractivity contribution in [1.82, 2.24) is 19.6 Å². The van der Waals surface area contributed by atoms with Crippen LogP contribution in [0.5, 0.6) is 11.5 Å². The van der Waals surface area contributed by atoms with Crippen molar-refractivity contribution >= 4 is 54.2 Å². The molecule has 1 radical (unpaired) electrons. The summed E-state index contributed by atoms with van der Waals surface area (Å²) in [4.78, 5) is 44.9. The Labute approximate surface area is 342 Å². The number of nitrogens with zero attached hydrogens (tertiary/aromatic N) is 10. The molecular weight excluding hydrogens is 861 g/mol. The standard InChI is InChI=1S/2C16H14N6O6S.Cr/c1-9-15(19-18-13-8-11(22(25)26)5-6-14(13)23)16(24)21(20-9)10-3-2-4-12(7-10)29(17,27)28;1-9-15(19-18-13-6-5-11(22(25)26)8-14(13)23)16(24)21(20-9)10-3-2-4-12(7-10)29(17,27)28;/h2*2-8H,1H3,(H4,17,18,19,20,23,24,27,28);/q;;+3/p-3. The Balaban J connectivity index is 0.000000310. The zero-order valence-electron chi connectivity index (χ0n) is 30.8. The van der Waals surface area contributed by atoms with E-state index in [-0.39, 0.29) is 79.8 Å². The second-order valence-corrected chi connectivity index (χ2v) is 14.7. The third-order valence-corrected chi connectivity index (χ3v) is 9.40. The SMILES string of the molecule is Cc1[n-]n(-c2cccc(S(N)(=O)=O)c2)c(=O)c1N=Nc1cc([N+](=O)[O-])ccc1[O-].Cc1[n-]n(-c2cccc(S(N)(=O)=O)c2)c(=O)c1N=Nc1ccc([N+](=O)[O-])cc1[O-].[Cr+3].[H+]. The number of nitro groups is 2. The van der Waals surface area contributed by atoms with Crippen LogP contribution in [0.4, 0.5) is 34.1 Å². The Morgan fingerprint density at radius 2 is 1.03 bits per heavy atom. The van der Waals surface area contributed by atoms with Crippen molar-refractivity contribution in [2.75, 3.05) is 0 Å². The summed E-state index contributed by atoms with van der Waals surface area (Å²) in [7, 11) is -7.96. The van der Waals surface area contributed by atoms with Crippen LogP contribution in [0.3, 0.4) is 0 Å². The number of non-ortho nitro benzene ring substituents is 2. The van der Waals surface area contributed by atoms with Crippen LogP contribution in [0.25, 0.3) is 11.4 Å². The summed E-state index contributed by atoms with van der Waals surface area (Å²) in [6.45, 7) is 2.94. The third kappa shape index (κ3) is 10.2. The molecule has 6 rings (SSSR count). The Morgan fingerprint density at radius 3 is 1.46 bits per heavy atom. The van der Waals surface area contributed by atoms with Gasteiger partial charge in [-0.2, -0.15) is 10.2 Å². The summed E-state index contributed by atoms with van der Waals surface area (Å²) in [5.74, 6) is -1.35. The van der Waals surface area contributed by atoms with Crippen LogP contribution in [0, 0.1) is 34.1 Å². The monoisotopic (exact) mass is 885 g/mol. The minimum Gasteiger partial charge on any atom is -0.871 e. The van der Waals surface area contributed by atoms with Gasteiger partial charge in [0.2, 0.25) is 20.0 Å². The van der Waals surface area contributed by atoms with E-state index in [0.717, 1.165) is 45.8 Å². The smallest absolute Gasteiger partial charge is 0.871 e. The van der Waals surface area contributed by atoms with Gasteiger partial charge in [0, 0.05) is 35.6 Å². The van der Waals surface area contributed by atoms with Gasteiger partial charge in [-0.05, 0) is 42.5 Å². The van der Waals surface area contributed by atoms with Crippen molar-refractivity contribution in [3.63, 3.8) is 0 Å². The first-order valence-electron chi connectivity index (χ1n) is 15.7. The molecule has 0 aliphatic carbocycles. The van der Waals surface area contributed by atoms with Gasteiger partial charge in [-0.15, -0.1) is 21.6 Å². The Bertz CT molecular complexity index is 3040. The van der Waals surface area contributed by atoms with Crippen molar-refractivity contribution in [1.29, 1.82) is 0 Å². The summed E-state index contributed by atoms with van der Waals surface area (Å²) >= 11 is 0. The number of rotatable bonds is 10. The van der Waals surface area contributed by atoms with Gasteiger partial charge in [-0.3, -0.25) is 29.8 Å². The summed E-state index contributed by atoms with van der Waals surface area (Å²) in [6.07, 6.45) is 0. The van der Waals surface area contributed by atoms with Crippen LogP contribution in [0.15, 0.2) is 125 Å². The predicted molar refractivity (Wildman–Crippen MR) is 197 cm³/mol. The average Bonchev–Trinajstić information content (AvgIpc) is 3.61. The van der Waals surface area contributed by atoms with Gasteiger partial charge in [0.1, 0.15) is 11.4 Å². The fourth-order valence-corrected chi connectivity index (χ4v) is 5.87. The molecule has 0 saturated carbocycles. The molecule has 4 aromatic carbocycles. The molecule has 4 N–H and O–H groups in total. The Kier molecular flexibility index (Phi) is 13.3. The van der Waals surface area contributed by atoms with E-state index < -0.39 is 58.2 Å². The molecule has 0 aliphatic heterocycles. The van der Waals surface area contributed by atoms with Gasteiger partial charge >= 0.3 is 18.8 Å². The number of nitro benzene ring substituents is 2. The number of azo groups is 2. The molecule has 0 spiro atoms. The van der Waals surface area contributed by atoms with Gasteiger partial charge < -0.3 is 29.8 Å². The molecule has 0 amide bonds. The number of benzene rings is 4. The van der Waals surface area contributed by atoms with E-state index in [1.54, 1.807) is 0 Å². The van der Waals surface area contributed by atoms with Gasteiger partial charge in [0.05, 0.1) is 31.0 Å². The molecule has 59 heavy (non-hydrogen) atoms. The van der Waals surface area contributed by atoms with Crippen LogP contribution < -0.4 is 41.8 Å². The van der Waals surface area contributed by atoms with Crippen LogP contribution in [-0.2, 0) is 37.4 Å². The summed E-state index contributed by atoms with van der Waals surface area (Å²) in [5.41, 5.74) is -2.47. The predicted octanol–water partition coefficient (Wildman–Crippen LogP) is 2.41. The van der Waals surface area contributed by atoms with Gasteiger partial charge in [0.25, 0.3) is 22.5 Å². The maximum Gasteiger partial charge on any atom is 3.00 e. The normalized spacial score (nSPS) is 11.6. The number of hydrogen-bond donors (Lipinski definition) is 2. The molecule has 2 aromatic heterocycles. The zero-order valence-corrected chi connectivity index (χ0v) is 32.7. The van der Waals surface area contributed by atoms with E-state index in [0.29, 0.717) is 0 Å². The van der Waals surface area contributed by atoms with E-state index >= 15 is 0 Å². The fourth-order valence-electron chi connectivity index (χ4n) is 4.76. The molecule has 24 nitrogen and oxygen atoms in total. The average molecular weight is 886 g/mol. The minimum absolute atomic E-state index is 0. The summed E-state index contributed by atoms with van der Waals surface area (Å²) in [5, 5.41) is 78.2. The first-order valence-corrected chi connectivity index (χ1v) is 18.8. The fraction of sp³-hybridized carbons (Fsp3) is 0.0625. The number of aryl methyl sites for hydroxylation is 2. The van der Waals surface area contributed by atoms with E-state index in [9.17, 15) is 56.9 Å². The molecule has 0 unspecified atom stereocenters. The maximum atomic E-state index is 12.6. The van der Waals surface area contributed by atoms with Crippen LogP contribution in [-0.4, -0.2) is 36.0 Å². The first-order chi connectivity index (χ1) is 27.1. The van der Waals surface area contributed by atoms with Crippen molar-refractivity contribution in [2.45, 2.75) is 23.6 Å². The van der Waals surface area contributed by atoms with E-state index in [4.69, 9.17) is 10.3 Å². The summed E-state index contributed by atoms with van der Waals surface area (Å²) in [6, 6.07) is 16.5. The topological polar surface area (TPSA) is 374 Å². The quantitative estimate of drug-likeness (QED) is 0.113. The van der Waals surface area contributed by atoms with Crippen LogP contribution in [0.2, 0.25) is 0 Å². The van der Waals surface area contributed by atoms with Crippen LogP contribution in [0.1, 0.15) is 12.8 Å². The molecule has 303 valence electrons. The molecule has 0 aliphatic rings. The zero-order chi connectivity index (χ0) is 42.7. The number of nitrogens with two attached hydrogens (primary N) is 2. The molecule has 0 atom stereocenters. The Hall–Kier alpha value is -7.15. The molecular formula is C32H25CrN12O12S2. The van der Waals surface area contributed by atoms with Gasteiger partial charge in [-0.25, -0.2) is 27.1 Å². The molecule has 0 bridgehead atoms. The second-order valence-electron chi connectivity index (χ2n) is 11.6. The van der Waals surface area contributed by atoms with E-state index in [2.05, 4.69) is 30.7 Å². The van der Waals surface area contributed by atoms with E-state index in [1.807, 2.05) is 0 Å². The molecule has 0 saturated heterocycles. The number of hydrogen-bond acceptors (Lipinski definition) is 16. The van der Waals surface area contributed by atoms with E-state index in [1.165, 1.54) is 62.4 Å². The molecule has 27 heteroatoms. The molecule has 0 fully saturated rings. The summed E-state index contributed by atoms with van der Waals surface area (Å²) < 4.78 is 47.8. The Morgan fingerprint density at radius 1 is 0.610 bits per heavy atom. The molecule has 2 heterocycles. The van der Waals surface area contributed by atoms with Crippen molar-refractivity contribution < 1.29 is 55.7 Å². The number of primary sulfonamides is 2. The van der Waals surface area contributed by atoms with Crippen LogP contribution >= 0.6 is 0 Å². The largest absolute Gasteiger partial charge is 3.00 e.